The molecule has 17 heavy (non-hydrogen) atoms. The summed E-state index contributed by atoms with van der Waals surface area (Å²) in [6.07, 6.45) is 1.11. The number of hydrogen-bond acceptors (Lipinski definition) is 2. The lowest BCUT2D eigenvalue weighted by molar-refractivity contribution is 0.148. The van der Waals surface area contributed by atoms with Gasteiger partial charge in [0, 0.05) is 32.1 Å². The van der Waals surface area contributed by atoms with Crippen LogP contribution in [0.1, 0.15) is 18.1 Å². The Morgan fingerprint density at radius 2 is 1.76 bits per heavy atom. The third-order valence-corrected chi connectivity index (χ3v) is 3.20. The van der Waals surface area contributed by atoms with Gasteiger partial charge >= 0.3 is 0 Å². The highest BCUT2D eigenvalue weighted by atomic mass is 79.9. The molecule has 0 fully saturated rings. The number of rotatable bonds is 8. The summed E-state index contributed by atoms with van der Waals surface area (Å²) in [7, 11) is 1.75. The van der Waals surface area contributed by atoms with Crippen molar-refractivity contribution < 1.29 is 4.74 Å². The second-order valence-electron chi connectivity index (χ2n) is 4.13. The van der Waals surface area contributed by atoms with Gasteiger partial charge in [0.15, 0.2) is 0 Å². The summed E-state index contributed by atoms with van der Waals surface area (Å²) in [6, 6.07) is 8.90. The SMILES string of the molecule is CCc1ccc(CN(CCBr)CCOC)cc1. The molecule has 0 N–H and O–H groups in total. The minimum Gasteiger partial charge on any atom is -0.383 e. The van der Waals surface area contributed by atoms with E-state index in [9.17, 15) is 0 Å². The van der Waals surface area contributed by atoms with E-state index in [4.69, 9.17) is 4.74 Å². The molecule has 0 aliphatic heterocycles. The fourth-order valence-electron chi connectivity index (χ4n) is 1.75. The molecule has 0 heterocycles. The highest BCUT2D eigenvalue weighted by molar-refractivity contribution is 9.09. The van der Waals surface area contributed by atoms with Gasteiger partial charge < -0.3 is 4.74 Å². The first-order valence-electron chi connectivity index (χ1n) is 6.15. The number of methoxy groups -OCH3 is 1. The molecule has 0 spiro atoms. The molecule has 0 amide bonds. The lowest BCUT2D eigenvalue weighted by Crippen LogP contribution is -2.28. The van der Waals surface area contributed by atoms with Gasteiger partial charge in [-0.2, -0.15) is 0 Å². The molecule has 2 nitrogen and oxygen atoms in total. The van der Waals surface area contributed by atoms with Crippen molar-refractivity contribution in [3.05, 3.63) is 35.4 Å². The second-order valence-corrected chi connectivity index (χ2v) is 4.92. The number of alkyl halides is 1. The number of ether oxygens (including phenoxy) is 1. The van der Waals surface area contributed by atoms with Crippen molar-refractivity contribution in [1.82, 2.24) is 4.90 Å². The lowest BCUT2D eigenvalue weighted by Gasteiger charge is -2.21. The molecule has 0 saturated heterocycles. The Balaban J connectivity index is 2.51. The summed E-state index contributed by atoms with van der Waals surface area (Å²) < 4.78 is 5.14. The predicted molar refractivity (Wildman–Crippen MR) is 76.8 cm³/mol. The van der Waals surface area contributed by atoms with E-state index in [1.54, 1.807) is 7.11 Å². The van der Waals surface area contributed by atoms with E-state index in [2.05, 4.69) is 52.0 Å². The Morgan fingerprint density at radius 1 is 1.12 bits per heavy atom. The Bertz CT molecular complexity index is 300. The average Bonchev–Trinajstić information content (AvgIpc) is 2.37. The van der Waals surface area contributed by atoms with Crippen LogP contribution >= 0.6 is 15.9 Å². The first-order valence-corrected chi connectivity index (χ1v) is 7.27. The molecule has 0 aromatic heterocycles. The van der Waals surface area contributed by atoms with Gasteiger partial charge in [0.2, 0.25) is 0 Å². The molecule has 0 atom stereocenters. The molecular formula is C14H22BrNO. The molecule has 96 valence electrons. The zero-order valence-electron chi connectivity index (χ0n) is 10.8. The Labute approximate surface area is 113 Å². The number of nitrogens with zero attached hydrogens (tertiary/aromatic N) is 1. The van der Waals surface area contributed by atoms with Crippen LogP contribution in [0.15, 0.2) is 24.3 Å². The second kappa shape index (κ2) is 8.67. The highest BCUT2D eigenvalue weighted by Crippen LogP contribution is 2.08. The molecule has 0 saturated carbocycles. The average molecular weight is 300 g/mol. The maximum atomic E-state index is 5.14. The molecule has 1 aromatic rings. The molecule has 0 aliphatic rings. The third-order valence-electron chi connectivity index (χ3n) is 2.85. The van der Waals surface area contributed by atoms with Gasteiger partial charge in [-0.15, -0.1) is 0 Å². The van der Waals surface area contributed by atoms with Crippen molar-refractivity contribution in [2.45, 2.75) is 19.9 Å². The maximum Gasteiger partial charge on any atom is 0.0589 e. The fourth-order valence-corrected chi connectivity index (χ4v) is 2.25. The van der Waals surface area contributed by atoms with E-state index in [-0.39, 0.29) is 0 Å². The molecule has 0 radical (unpaired) electrons. The zero-order valence-corrected chi connectivity index (χ0v) is 12.4. The van der Waals surface area contributed by atoms with Crippen LogP contribution in [0.25, 0.3) is 0 Å². The molecule has 0 bridgehead atoms. The van der Waals surface area contributed by atoms with Crippen LogP contribution in [-0.4, -0.2) is 37.0 Å². The smallest absolute Gasteiger partial charge is 0.0589 e. The van der Waals surface area contributed by atoms with Crippen molar-refractivity contribution >= 4 is 15.9 Å². The van der Waals surface area contributed by atoms with Crippen molar-refractivity contribution in [3.63, 3.8) is 0 Å². The minimum atomic E-state index is 0.792. The summed E-state index contributed by atoms with van der Waals surface area (Å²) in [5.41, 5.74) is 2.77. The number of hydrogen-bond donors (Lipinski definition) is 0. The maximum absolute atomic E-state index is 5.14. The standard InChI is InChI=1S/C14H22BrNO/c1-3-13-4-6-14(7-5-13)12-16(9-8-15)10-11-17-2/h4-7H,3,8-12H2,1-2H3. The first-order chi connectivity index (χ1) is 8.30. The minimum absolute atomic E-state index is 0.792. The molecule has 3 heteroatoms. The first kappa shape index (κ1) is 14.7. The van der Waals surface area contributed by atoms with Crippen LogP contribution in [0.2, 0.25) is 0 Å². The molecular weight excluding hydrogens is 278 g/mol. The van der Waals surface area contributed by atoms with Crippen LogP contribution in [0.5, 0.6) is 0 Å². The van der Waals surface area contributed by atoms with Crippen LogP contribution < -0.4 is 0 Å². The van der Waals surface area contributed by atoms with E-state index in [1.807, 2.05) is 0 Å². The lowest BCUT2D eigenvalue weighted by atomic mass is 10.1. The summed E-state index contributed by atoms with van der Waals surface area (Å²) in [5, 5.41) is 1.00. The predicted octanol–water partition coefficient (Wildman–Crippen LogP) is 3.09. The zero-order chi connectivity index (χ0) is 12.5. The molecule has 0 aliphatic carbocycles. The Kier molecular flexibility index (Phi) is 7.49. The van der Waals surface area contributed by atoms with Crippen molar-refractivity contribution in [2.24, 2.45) is 0 Å². The quantitative estimate of drug-likeness (QED) is 0.684. The van der Waals surface area contributed by atoms with Crippen LogP contribution in [0.3, 0.4) is 0 Å². The van der Waals surface area contributed by atoms with Gasteiger partial charge in [-0.25, -0.2) is 0 Å². The third kappa shape index (κ3) is 5.66. The van der Waals surface area contributed by atoms with E-state index in [0.29, 0.717) is 0 Å². The van der Waals surface area contributed by atoms with Gasteiger partial charge in [-0.1, -0.05) is 47.1 Å². The normalized spacial score (nSPS) is 11.1. The van der Waals surface area contributed by atoms with Crippen LogP contribution in [0.4, 0.5) is 0 Å². The van der Waals surface area contributed by atoms with E-state index < -0.39 is 0 Å². The van der Waals surface area contributed by atoms with Crippen molar-refractivity contribution in [3.8, 4) is 0 Å². The van der Waals surface area contributed by atoms with E-state index >= 15 is 0 Å². The fraction of sp³-hybridized carbons (Fsp3) is 0.571. The van der Waals surface area contributed by atoms with Gasteiger partial charge in [0.25, 0.3) is 0 Å². The number of halogens is 1. The van der Waals surface area contributed by atoms with E-state index in [0.717, 1.165) is 38.0 Å². The van der Waals surface area contributed by atoms with Crippen molar-refractivity contribution in [2.75, 3.05) is 32.1 Å². The summed E-state index contributed by atoms with van der Waals surface area (Å²) in [4.78, 5) is 2.40. The summed E-state index contributed by atoms with van der Waals surface area (Å²) >= 11 is 3.50. The molecule has 0 unspecified atom stereocenters. The molecule has 1 aromatic carbocycles. The summed E-state index contributed by atoms with van der Waals surface area (Å²) in [5.74, 6) is 0. The van der Waals surface area contributed by atoms with Crippen LogP contribution in [0, 0.1) is 0 Å². The highest BCUT2D eigenvalue weighted by Gasteiger charge is 2.04. The number of aryl methyl sites for hydroxylation is 1. The Morgan fingerprint density at radius 3 is 2.29 bits per heavy atom. The summed E-state index contributed by atoms with van der Waals surface area (Å²) in [6.45, 7) is 6.01. The van der Waals surface area contributed by atoms with Gasteiger partial charge in [0.1, 0.15) is 0 Å². The van der Waals surface area contributed by atoms with Crippen LogP contribution in [-0.2, 0) is 17.7 Å². The largest absolute Gasteiger partial charge is 0.383 e. The van der Waals surface area contributed by atoms with Gasteiger partial charge in [-0.05, 0) is 17.5 Å². The van der Waals surface area contributed by atoms with Gasteiger partial charge in [0.05, 0.1) is 6.61 Å². The monoisotopic (exact) mass is 299 g/mol. The molecule has 1 rings (SSSR count). The van der Waals surface area contributed by atoms with Crippen molar-refractivity contribution in [1.29, 1.82) is 0 Å². The number of benzene rings is 1. The Hall–Kier alpha value is -0.380. The topological polar surface area (TPSA) is 12.5 Å². The van der Waals surface area contributed by atoms with Gasteiger partial charge in [-0.3, -0.25) is 4.90 Å². The van der Waals surface area contributed by atoms with E-state index in [1.165, 1.54) is 11.1 Å².